The number of hydrogen-bond acceptors (Lipinski definition) is 4. The fourth-order valence-corrected chi connectivity index (χ4v) is 3.99. The van der Waals surface area contributed by atoms with Crippen molar-refractivity contribution in [3.63, 3.8) is 0 Å². The van der Waals surface area contributed by atoms with Gasteiger partial charge in [0.1, 0.15) is 0 Å². The quantitative estimate of drug-likeness (QED) is 0.813. The molecule has 18 heavy (non-hydrogen) atoms. The van der Waals surface area contributed by atoms with E-state index in [1.54, 1.807) is 6.92 Å². The topological polar surface area (TPSA) is 49.4 Å². The van der Waals surface area contributed by atoms with Crippen molar-refractivity contribution in [3.8, 4) is 0 Å². The fourth-order valence-electron chi connectivity index (χ4n) is 3.19. The summed E-state index contributed by atoms with van der Waals surface area (Å²) < 4.78 is 23.3. The third-order valence-electron chi connectivity index (χ3n) is 4.36. The average molecular weight is 274 g/mol. The summed E-state index contributed by atoms with van der Waals surface area (Å²) in [6.07, 6.45) is 6.25. The minimum atomic E-state index is -2.83. The lowest BCUT2D eigenvalue weighted by Crippen LogP contribution is -2.51. The molecular weight excluding hydrogens is 248 g/mol. The van der Waals surface area contributed by atoms with Gasteiger partial charge < -0.3 is 5.32 Å². The summed E-state index contributed by atoms with van der Waals surface area (Å²) in [4.78, 5) is 2.42. The summed E-state index contributed by atoms with van der Waals surface area (Å²) in [6, 6.07) is 1.16. The first kappa shape index (κ1) is 14.3. The summed E-state index contributed by atoms with van der Waals surface area (Å²) in [5.74, 6) is 0.597. The number of hydrogen-bond donors (Lipinski definition) is 1. The molecule has 2 atom stereocenters. The van der Waals surface area contributed by atoms with Gasteiger partial charge in [0.05, 0.1) is 5.75 Å². The van der Waals surface area contributed by atoms with Gasteiger partial charge in [0, 0.05) is 24.4 Å². The molecule has 0 amide bonds. The molecule has 2 aliphatic rings. The highest BCUT2D eigenvalue weighted by Crippen LogP contribution is 2.24. The number of rotatable bonds is 5. The SMILES string of the molecule is CCS(=O)(=O)CCN1CCCCC1C1CCCN1. The van der Waals surface area contributed by atoms with Crippen molar-refractivity contribution in [3.05, 3.63) is 0 Å². The highest BCUT2D eigenvalue weighted by atomic mass is 32.2. The minimum Gasteiger partial charge on any atom is -0.312 e. The first-order chi connectivity index (χ1) is 8.62. The Morgan fingerprint density at radius 2 is 2.06 bits per heavy atom. The lowest BCUT2D eigenvalue weighted by molar-refractivity contribution is 0.127. The summed E-state index contributed by atoms with van der Waals surface area (Å²) in [7, 11) is -2.83. The van der Waals surface area contributed by atoms with E-state index in [2.05, 4.69) is 10.2 Å². The summed E-state index contributed by atoms with van der Waals surface area (Å²) >= 11 is 0. The lowest BCUT2D eigenvalue weighted by Gasteiger charge is -2.39. The fraction of sp³-hybridized carbons (Fsp3) is 1.00. The molecule has 2 rings (SSSR count). The van der Waals surface area contributed by atoms with Crippen LogP contribution in [-0.4, -0.2) is 56.5 Å². The van der Waals surface area contributed by atoms with Crippen molar-refractivity contribution < 1.29 is 8.42 Å². The van der Waals surface area contributed by atoms with E-state index in [4.69, 9.17) is 0 Å². The highest BCUT2D eigenvalue weighted by Gasteiger charge is 2.31. The zero-order valence-corrected chi connectivity index (χ0v) is 12.2. The van der Waals surface area contributed by atoms with Crippen LogP contribution in [0.5, 0.6) is 0 Å². The Labute approximate surface area is 111 Å². The number of nitrogens with zero attached hydrogens (tertiary/aromatic N) is 1. The Hall–Kier alpha value is -0.130. The van der Waals surface area contributed by atoms with Crippen LogP contribution in [0.1, 0.15) is 39.0 Å². The van der Waals surface area contributed by atoms with Crippen LogP contribution in [0.2, 0.25) is 0 Å². The first-order valence-electron chi connectivity index (χ1n) is 7.30. The summed E-state index contributed by atoms with van der Waals surface area (Å²) in [5, 5.41) is 3.58. The van der Waals surface area contributed by atoms with Crippen molar-refractivity contribution in [2.45, 2.75) is 51.1 Å². The van der Waals surface area contributed by atoms with E-state index in [0.717, 1.165) is 19.6 Å². The van der Waals surface area contributed by atoms with Crippen LogP contribution in [0, 0.1) is 0 Å². The van der Waals surface area contributed by atoms with Crippen LogP contribution < -0.4 is 5.32 Å². The highest BCUT2D eigenvalue weighted by molar-refractivity contribution is 7.91. The number of sulfone groups is 1. The molecule has 0 aromatic heterocycles. The Kier molecular flexibility index (Phi) is 5.04. The molecule has 1 N–H and O–H groups in total. The van der Waals surface area contributed by atoms with Gasteiger partial charge in [-0.25, -0.2) is 8.42 Å². The van der Waals surface area contributed by atoms with E-state index in [9.17, 15) is 8.42 Å². The molecule has 5 heteroatoms. The molecule has 2 aliphatic heterocycles. The van der Waals surface area contributed by atoms with Gasteiger partial charge in [0.2, 0.25) is 0 Å². The molecule has 0 aliphatic carbocycles. The molecule has 0 aromatic carbocycles. The van der Waals surface area contributed by atoms with Gasteiger partial charge in [-0.3, -0.25) is 4.90 Å². The maximum absolute atomic E-state index is 11.6. The zero-order chi connectivity index (χ0) is 13.0. The maximum atomic E-state index is 11.6. The van der Waals surface area contributed by atoms with E-state index >= 15 is 0 Å². The van der Waals surface area contributed by atoms with Crippen LogP contribution in [0.25, 0.3) is 0 Å². The summed E-state index contributed by atoms with van der Waals surface area (Å²) in [6.45, 7) is 4.66. The van der Waals surface area contributed by atoms with Gasteiger partial charge >= 0.3 is 0 Å². The van der Waals surface area contributed by atoms with Gasteiger partial charge in [-0.2, -0.15) is 0 Å². The van der Waals surface area contributed by atoms with Gasteiger partial charge in [0.25, 0.3) is 0 Å². The monoisotopic (exact) mass is 274 g/mol. The lowest BCUT2D eigenvalue weighted by atomic mass is 9.95. The van der Waals surface area contributed by atoms with Crippen LogP contribution in [-0.2, 0) is 9.84 Å². The second kappa shape index (κ2) is 6.35. The molecule has 4 nitrogen and oxygen atoms in total. The van der Waals surface area contributed by atoms with Crippen molar-refractivity contribution in [2.24, 2.45) is 0 Å². The van der Waals surface area contributed by atoms with Crippen LogP contribution in [0.4, 0.5) is 0 Å². The second-order valence-electron chi connectivity index (χ2n) is 5.54. The van der Waals surface area contributed by atoms with Gasteiger partial charge in [-0.15, -0.1) is 0 Å². The Balaban J connectivity index is 1.91. The van der Waals surface area contributed by atoms with Crippen molar-refractivity contribution in [1.82, 2.24) is 10.2 Å². The zero-order valence-electron chi connectivity index (χ0n) is 11.4. The molecule has 2 unspecified atom stereocenters. The average Bonchev–Trinajstić information content (AvgIpc) is 2.91. The molecule has 106 valence electrons. The molecule has 2 heterocycles. The van der Waals surface area contributed by atoms with E-state index in [1.165, 1.54) is 32.1 Å². The molecule has 0 radical (unpaired) electrons. The Bertz CT molecular complexity index is 350. The first-order valence-corrected chi connectivity index (χ1v) is 9.12. The molecule has 0 aromatic rings. The van der Waals surface area contributed by atoms with E-state index in [-0.39, 0.29) is 5.75 Å². The minimum absolute atomic E-state index is 0.271. The molecule has 2 fully saturated rings. The van der Waals surface area contributed by atoms with Crippen molar-refractivity contribution in [2.75, 3.05) is 31.1 Å². The van der Waals surface area contributed by atoms with Gasteiger partial charge in [-0.05, 0) is 38.8 Å². The predicted molar refractivity (Wildman–Crippen MR) is 74.6 cm³/mol. The number of nitrogens with one attached hydrogen (secondary N) is 1. The van der Waals surface area contributed by atoms with Gasteiger partial charge in [-0.1, -0.05) is 13.3 Å². The van der Waals surface area contributed by atoms with Crippen molar-refractivity contribution in [1.29, 1.82) is 0 Å². The van der Waals surface area contributed by atoms with Crippen LogP contribution >= 0.6 is 0 Å². The molecule has 0 spiro atoms. The molecular formula is C13H26N2O2S. The third-order valence-corrected chi connectivity index (χ3v) is 6.04. The molecule has 2 saturated heterocycles. The largest absolute Gasteiger partial charge is 0.312 e. The van der Waals surface area contributed by atoms with Crippen LogP contribution in [0.3, 0.4) is 0 Å². The summed E-state index contributed by atoms with van der Waals surface area (Å²) in [5.41, 5.74) is 0. The number of likely N-dealkylation sites (tertiary alicyclic amines) is 1. The van der Waals surface area contributed by atoms with E-state index in [1.807, 2.05) is 0 Å². The Morgan fingerprint density at radius 3 is 2.72 bits per heavy atom. The second-order valence-corrected chi connectivity index (χ2v) is 8.01. The maximum Gasteiger partial charge on any atom is 0.151 e. The standard InChI is InChI=1S/C13H26N2O2S/c1-2-18(16,17)11-10-15-9-4-3-7-13(15)12-6-5-8-14-12/h12-14H,2-11H2,1H3. The third kappa shape index (κ3) is 3.68. The normalized spacial score (nSPS) is 30.7. The smallest absolute Gasteiger partial charge is 0.151 e. The predicted octanol–water partition coefficient (Wildman–Crippen LogP) is 1.03. The van der Waals surface area contributed by atoms with Gasteiger partial charge in [0.15, 0.2) is 9.84 Å². The molecule has 0 bridgehead atoms. The number of piperidine rings is 1. The Morgan fingerprint density at radius 1 is 1.22 bits per heavy atom. The van der Waals surface area contributed by atoms with Crippen LogP contribution in [0.15, 0.2) is 0 Å². The molecule has 0 saturated carbocycles. The van der Waals surface area contributed by atoms with E-state index in [0.29, 0.717) is 17.8 Å². The van der Waals surface area contributed by atoms with Crippen molar-refractivity contribution >= 4 is 9.84 Å². The van der Waals surface area contributed by atoms with E-state index < -0.39 is 9.84 Å².